The van der Waals surface area contributed by atoms with Crippen LogP contribution >= 0.6 is 11.6 Å². The zero-order valence-electron chi connectivity index (χ0n) is 12.4. The quantitative estimate of drug-likeness (QED) is 0.725. The summed E-state index contributed by atoms with van der Waals surface area (Å²) >= 11 is 5.96. The van der Waals surface area contributed by atoms with Crippen molar-refractivity contribution in [2.24, 2.45) is 0 Å². The molecule has 1 atom stereocenters. The average molecular weight is 329 g/mol. The minimum absolute atomic E-state index is 0.0506. The van der Waals surface area contributed by atoms with Gasteiger partial charge < -0.3 is 9.55 Å². The molecule has 3 rings (SSSR count). The molecule has 1 unspecified atom stereocenters. The van der Waals surface area contributed by atoms with Crippen molar-refractivity contribution < 1.29 is 4.79 Å². The summed E-state index contributed by atoms with van der Waals surface area (Å²) in [4.78, 5) is 19.2. The van der Waals surface area contributed by atoms with E-state index in [1.165, 1.54) is 0 Å². The van der Waals surface area contributed by atoms with Crippen LogP contribution in [0.1, 0.15) is 17.9 Å². The maximum atomic E-state index is 12.3. The summed E-state index contributed by atoms with van der Waals surface area (Å²) in [5.74, 6) is 0.438. The molecule has 1 aromatic carbocycles. The Morgan fingerprint density at radius 3 is 2.65 bits per heavy atom. The van der Waals surface area contributed by atoms with Crippen LogP contribution < -0.4 is 5.32 Å². The van der Waals surface area contributed by atoms with Crippen molar-refractivity contribution in [1.29, 1.82) is 0 Å². The number of nitrogens with one attached hydrogen (secondary N) is 2. The Hall–Kier alpha value is -2.53. The number of imidazole rings is 1. The molecular formula is C17H17ClN4O. The molecule has 0 aliphatic rings. The molecule has 0 spiro atoms. The van der Waals surface area contributed by atoms with Gasteiger partial charge in [-0.1, -0.05) is 23.7 Å². The van der Waals surface area contributed by atoms with Gasteiger partial charge in [-0.05, 0) is 29.8 Å². The highest BCUT2D eigenvalue weighted by atomic mass is 35.5. The third-order valence-electron chi connectivity index (χ3n) is 3.63. The standard InChI is InChI=1S/C17H17ClN4O/c18-15-5-3-13(4-6-15)14(12-22-9-1-2-10-22)11-16(23)21-17-19-7-8-20-17/h1-10,14H,11-12H2,(H2,19,20,21,23). The Bertz CT molecular complexity index is 736. The van der Waals surface area contributed by atoms with Gasteiger partial charge in [0.05, 0.1) is 0 Å². The highest BCUT2D eigenvalue weighted by Gasteiger charge is 2.17. The fraction of sp³-hybridized carbons (Fsp3) is 0.176. The molecule has 0 aliphatic heterocycles. The van der Waals surface area contributed by atoms with Crippen LogP contribution in [0.25, 0.3) is 0 Å². The first kappa shape index (κ1) is 15.4. The summed E-state index contributed by atoms with van der Waals surface area (Å²) in [6.07, 6.45) is 7.62. The maximum absolute atomic E-state index is 12.3. The summed E-state index contributed by atoms with van der Waals surface area (Å²) in [5, 5.41) is 3.46. The van der Waals surface area contributed by atoms with Crippen LogP contribution in [0.4, 0.5) is 5.95 Å². The van der Waals surface area contributed by atoms with Gasteiger partial charge in [0.2, 0.25) is 11.9 Å². The number of amides is 1. The van der Waals surface area contributed by atoms with Crippen molar-refractivity contribution in [2.45, 2.75) is 18.9 Å². The van der Waals surface area contributed by atoms with Crippen LogP contribution in [0.2, 0.25) is 5.02 Å². The Labute approximate surface area is 139 Å². The lowest BCUT2D eigenvalue weighted by Gasteiger charge is -2.18. The van der Waals surface area contributed by atoms with E-state index in [-0.39, 0.29) is 11.8 Å². The summed E-state index contributed by atoms with van der Waals surface area (Å²) in [6, 6.07) is 11.6. The molecule has 2 aromatic heterocycles. The van der Waals surface area contributed by atoms with Crippen LogP contribution in [-0.4, -0.2) is 20.4 Å². The van der Waals surface area contributed by atoms with Crippen molar-refractivity contribution in [3.05, 3.63) is 71.8 Å². The van der Waals surface area contributed by atoms with Crippen LogP contribution in [0.3, 0.4) is 0 Å². The molecule has 0 saturated heterocycles. The molecule has 118 valence electrons. The third-order valence-corrected chi connectivity index (χ3v) is 3.88. The van der Waals surface area contributed by atoms with E-state index in [9.17, 15) is 4.79 Å². The largest absolute Gasteiger partial charge is 0.354 e. The highest BCUT2D eigenvalue weighted by Crippen LogP contribution is 2.24. The fourth-order valence-corrected chi connectivity index (χ4v) is 2.64. The van der Waals surface area contributed by atoms with Crippen molar-refractivity contribution in [3.8, 4) is 0 Å². The van der Waals surface area contributed by atoms with Gasteiger partial charge in [-0.15, -0.1) is 0 Å². The monoisotopic (exact) mass is 328 g/mol. The first-order chi connectivity index (χ1) is 11.2. The number of aromatic amines is 1. The van der Waals surface area contributed by atoms with E-state index in [0.717, 1.165) is 12.1 Å². The molecule has 5 nitrogen and oxygen atoms in total. The zero-order valence-corrected chi connectivity index (χ0v) is 13.2. The molecule has 23 heavy (non-hydrogen) atoms. The number of halogens is 1. The minimum atomic E-state index is -0.0768. The van der Waals surface area contributed by atoms with E-state index in [2.05, 4.69) is 19.9 Å². The number of benzene rings is 1. The lowest BCUT2D eigenvalue weighted by Crippen LogP contribution is -2.19. The van der Waals surface area contributed by atoms with E-state index in [1.807, 2.05) is 48.8 Å². The summed E-state index contributed by atoms with van der Waals surface area (Å²) in [6.45, 7) is 0.722. The van der Waals surface area contributed by atoms with Gasteiger partial charge in [-0.25, -0.2) is 4.98 Å². The number of carbonyl (C=O) groups excluding carboxylic acids is 1. The van der Waals surface area contributed by atoms with Crippen molar-refractivity contribution >= 4 is 23.5 Å². The first-order valence-electron chi connectivity index (χ1n) is 7.36. The van der Waals surface area contributed by atoms with E-state index in [4.69, 9.17) is 11.6 Å². The Kier molecular flexibility index (Phi) is 4.78. The molecule has 0 bridgehead atoms. The minimum Gasteiger partial charge on any atom is -0.354 e. The zero-order chi connectivity index (χ0) is 16.1. The van der Waals surface area contributed by atoms with Gasteiger partial charge in [-0.3, -0.25) is 10.1 Å². The van der Waals surface area contributed by atoms with Crippen LogP contribution in [0.15, 0.2) is 61.2 Å². The molecule has 2 heterocycles. The van der Waals surface area contributed by atoms with Crippen molar-refractivity contribution in [1.82, 2.24) is 14.5 Å². The van der Waals surface area contributed by atoms with E-state index >= 15 is 0 Å². The summed E-state index contributed by atoms with van der Waals surface area (Å²) < 4.78 is 2.07. The predicted octanol–water partition coefficient (Wildman–Crippen LogP) is 3.68. The van der Waals surface area contributed by atoms with E-state index in [0.29, 0.717) is 17.4 Å². The average Bonchev–Trinajstić information content (AvgIpc) is 3.21. The van der Waals surface area contributed by atoms with Crippen LogP contribution in [0.5, 0.6) is 0 Å². The van der Waals surface area contributed by atoms with Crippen molar-refractivity contribution in [3.63, 3.8) is 0 Å². The highest BCUT2D eigenvalue weighted by molar-refractivity contribution is 6.30. The number of aromatic nitrogens is 3. The lowest BCUT2D eigenvalue weighted by atomic mass is 9.95. The number of hydrogen-bond acceptors (Lipinski definition) is 2. The topological polar surface area (TPSA) is 62.7 Å². The molecule has 0 fully saturated rings. The number of carbonyl (C=O) groups is 1. The lowest BCUT2D eigenvalue weighted by molar-refractivity contribution is -0.116. The second kappa shape index (κ2) is 7.15. The molecule has 3 aromatic rings. The van der Waals surface area contributed by atoms with Gasteiger partial charge in [0.1, 0.15) is 0 Å². The van der Waals surface area contributed by atoms with Crippen molar-refractivity contribution in [2.75, 3.05) is 5.32 Å². The molecule has 0 saturated carbocycles. The Balaban J connectivity index is 1.74. The maximum Gasteiger partial charge on any atom is 0.227 e. The smallest absolute Gasteiger partial charge is 0.227 e. The van der Waals surface area contributed by atoms with Crippen LogP contribution in [0, 0.1) is 0 Å². The first-order valence-corrected chi connectivity index (χ1v) is 7.74. The Morgan fingerprint density at radius 1 is 1.26 bits per heavy atom. The van der Waals surface area contributed by atoms with Gasteiger partial charge in [0.15, 0.2) is 0 Å². The number of H-pyrrole nitrogens is 1. The van der Waals surface area contributed by atoms with Gasteiger partial charge >= 0.3 is 0 Å². The number of nitrogens with zero attached hydrogens (tertiary/aromatic N) is 2. The number of anilines is 1. The number of rotatable bonds is 6. The third kappa shape index (κ3) is 4.23. The molecule has 1 amide bonds. The molecule has 2 N–H and O–H groups in total. The van der Waals surface area contributed by atoms with Gasteiger partial charge in [0.25, 0.3) is 0 Å². The number of hydrogen-bond donors (Lipinski definition) is 2. The molecule has 0 aliphatic carbocycles. The SMILES string of the molecule is O=C(CC(Cn1cccc1)c1ccc(Cl)cc1)Nc1ncc[nH]1. The predicted molar refractivity (Wildman–Crippen MR) is 90.5 cm³/mol. The molecular weight excluding hydrogens is 312 g/mol. The molecule has 0 radical (unpaired) electrons. The molecule has 6 heteroatoms. The van der Waals surface area contributed by atoms with Gasteiger partial charge in [0, 0.05) is 48.7 Å². The normalized spacial score (nSPS) is 12.0. The summed E-state index contributed by atoms with van der Waals surface area (Å²) in [5.41, 5.74) is 1.08. The fourth-order valence-electron chi connectivity index (χ4n) is 2.51. The van der Waals surface area contributed by atoms with E-state index in [1.54, 1.807) is 12.4 Å². The second-order valence-corrected chi connectivity index (χ2v) is 5.75. The Morgan fingerprint density at radius 2 is 2.00 bits per heavy atom. The summed E-state index contributed by atoms with van der Waals surface area (Å²) in [7, 11) is 0. The van der Waals surface area contributed by atoms with E-state index < -0.39 is 0 Å². The van der Waals surface area contributed by atoms with Gasteiger partial charge in [-0.2, -0.15) is 0 Å². The second-order valence-electron chi connectivity index (χ2n) is 5.32. The van der Waals surface area contributed by atoms with Crippen LogP contribution in [-0.2, 0) is 11.3 Å².